The van der Waals surface area contributed by atoms with Gasteiger partial charge in [0.25, 0.3) is 5.91 Å². The largest absolute Gasteiger partial charge is 0.373 e. The molecule has 0 spiro atoms. The number of hydrogen-bond donors (Lipinski definition) is 1. The summed E-state index contributed by atoms with van der Waals surface area (Å²) in [6, 6.07) is 3.36. The Bertz CT molecular complexity index is 500. The molecule has 1 aliphatic heterocycles. The van der Waals surface area contributed by atoms with Crippen LogP contribution in [0.5, 0.6) is 0 Å². The fourth-order valence-corrected chi connectivity index (χ4v) is 2.89. The zero-order chi connectivity index (χ0) is 15.4. The molecule has 0 aromatic carbocycles. The summed E-state index contributed by atoms with van der Waals surface area (Å²) < 4.78 is 0. The Kier molecular flexibility index (Phi) is 5.42. The van der Waals surface area contributed by atoms with Gasteiger partial charge in [0, 0.05) is 26.2 Å². The summed E-state index contributed by atoms with van der Waals surface area (Å²) in [7, 11) is 5.76. The van der Waals surface area contributed by atoms with Crippen LogP contribution in [0.25, 0.3) is 0 Å². The highest BCUT2D eigenvalue weighted by Crippen LogP contribution is 2.19. The summed E-state index contributed by atoms with van der Waals surface area (Å²) >= 11 is 5.96. The van der Waals surface area contributed by atoms with Crippen molar-refractivity contribution in [1.29, 1.82) is 0 Å². The van der Waals surface area contributed by atoms with Crippen molar-refractivity contribution >= 4 is 23.3 Å². The molecule has 1 aromatic rings. The van der Waals surface area contributed by atoms with Crippen molar-refractivity contribution in [3.8, 4) is 0 Å². The second-order valence-electron chi connectivity index (χ2n) is 5.75. The molecule has 1 N–H and O–H groups in total. The van der Waals surface area contributed by atoms with Gasteiger partial charge >= 0.3 is 0 Å². The molecule has 1 aromatic heterocycles. The highest BCUT2D eigenvalue weighted by molar-refractivity contribution is 6.29. The van der Waals surface area contributed by atoms with Crippen LogP contribution in [0.15, 0.2) is 12.1 Å². The molecule has 1 fully saturated rings. The van der Waals surface area contributed by atoms with Crippen molar-refractivity contribution in [2.75, 3.05) is 46.1 Å². The molecule has 0 aliphatic carbocycles. The van der Waals surface area contributed by atoms with E-state index in [1.807, 2.05) is 7.05 Å². The van der Waals surface area contributed by atoms with Crippen molar-refractivity contribution in [2.45, 2.75) is 12.8 Å². The Hall–Kier alpha value is -1.33. The molecule has 0 atom stereocenters. The number of anilines is 1. The number of likely N-dealkylation sites (tertiary alicyclic amines) is 1. The third-order valence-corrected chi connectivity index (χ3v) is 4.21. The van der Waals surface area contributed by atoms with Crippen molar-refractivity contribution < 1.29 is 4.79 Å². The lowest BCUT2D eigenvalue weighted by Crippen LogP contribution is -2.38. The first-order valence-electron chi connectivity index (χ1n) is 7.29. The molecular formula is C15H23ClN4O. The number of carbonyl (C=O) groups excluding carboxylic acids is 1. The Labute approximate surface area is 131 Å². The smallest absolute Gasteiger partial charge is 0.253 e. The van der Waals surface area contributed by atoms with Gasteiger partial charge in [-0.2, -0.15) is 0 Å². The summed E-state index contributed by atoms with van der Waals surface area (Å²) in [4.78, 5) is 20.7. The van der Waals surface area contributed by atoms with Gasteiger partial charge in [-0.1, -0.05) is 11.6 Å². The van der Waals surface area contributed by atoms with E-state index in [1.165, 1.54) is 0 Å². The van der Waals surface area contributed by atoms with Gasteiger partial charge in [-0.25, -0.2) is 4.98 Å². The Morgan fingerprint density at radius 2 is 2.14 bits per heavy atom. The van der Waals surface area contributed by atoms with Gasteiger partial charge in [-0.05, 0) is 51.0 Å². The third kappa shape index (κ3) is 4.32. The summed E-state index contributed by atoms with van der Waals surface area (Å²) in [5.74, 6) is 1.18. The van der Waals surface area contributed by atoms with Crippen LogP contribution in [-0.4, -0.2) is 61.5 Å². The van der Waals surface area contributed by atoms with E-state index < -0.39 is 0 Å². The van der Waals surface area contributed by atoms with Gasteiger partial charge in [0.1, 0.15) is 11.0 Å². The van der Waals surface area contributed by atoms with Crippen LogP contribution >= 0.6 is 11.6 Å². The highest BCUT2D eigenvalue weighted by Gasteiger charge is 2.21. The van der Waals surface area contributed by atoms with Crippen LogP contribution in [0.3, 0.4) is 0 Å². The number of rotatable bonds is 4. The van der Waals surface area contributed by atoms with Gasteiger partial charge in [-0.3, -0.25) is 4.79 Å². The maximum absolute atomic E-state index is 12.5. The average Bonchev–Trinajstić information content (AvgIpc) is 2.48. The van der Waals surface area contributed by atoms with E-state index in [4.69, 9.17) is 11.6 Å². The molecule has 1 aliphatic rings. The minimum atomic E-state index is -0.00488. The van der Waals surface area contributed by atoms with E-state index in [2.05, 4.69) is 22.2 Å². The number of nitrogens with zero attached hydrogens (tertiary/aromatic N) is 3. The molecule has 0 bridgehead atoms. The quantitative estimate of drug-likeness (QED) is 0.866. The standard InChI is InChI=1S/C15H23ClN4O/c1-17-14-9-12(8-13(16)18-14)15(21)20(3)10-11-4-6-19(2)7-5-11/h8-9,11H,4-7,10H2,1-3H3,(H,17,18). The molecular weight excluding hydrogens is 288 g/mol. The van der Waals surface area contributed by atoms with Crippen LogP contribution in [0, 0.1) is 5.92 Å². The third-order valence-electron chi connectivity index (χ3n) is 4.01. The van der Waals surface area contributed by atoms with Gasteiger partial charge in [0.05, 0.1) is 0 Å². The van der Waals surface area contributed by atoms with Gasteiger partial charge in [0.15, 0.2) is 0 Å². The molecule has 21 heavy (non-hydrogen) atoms. The van der Waals surface area contributed by atoms with E-state index in [-0.39, 0.29) is 5.91 Å². The monoisotopic (exact) mass is 310 g/mol. The maximum atomic E-state index is 12.5. The fraction of sp³-hybridized carbons (Fsp3) is 0.600. The van der Waals surface area contributed by atoms with Gasteiger partial charge < -0.3 is 15.1 Å². The first-order chi connectivity index (χ1) is 9.99. The van der Waals surface area contributed by atoms with Crippen LogP contribution in [0.1, 0.15) is 23.2 Å². The maximum Gasteiger partial charge on any atom is 0.253 e. The average molecular weight is 311 g/mol. The summed E-state index contributed by atoms with van der Waals surface area (Å²) in [6.07, 6.45) is 2.29. The molecule has 2 rings (SSSR count). The molecule has 0 saturated carbocycles. The van der Waals surface area contributed by atoms with Crippen LogP contribution in [0.2, 0.25) is 5.15 Å². The van der Waals surface area contributed by atoms with E-state index in [1.54, 1.807) is 24.1 Å². The lowest BCUT2D eigenvalue weighted by atomic mass is 9.96. The highest BCUT2D eigenvalue weighted by atomic mass is 35.5. The van der Waals surface area contributed by atoms with E-state index in [9.17, 15) is 4.79 Å². The molecule has 116 valence electrons. The van der Waals surface area contributed by atoms with E-state index >= 15 is 0 Å². The lowest BCUT2D eigenvalue weighted by Gasteiger charge is -2.31. The number of hydrogen-bond acceptors (Lipinski definition) is 4. The molecule has 1 saturated heterocycles. The van der Waals surface area contributed by atoms with Crippen molar-refractivity contribution in [2.24, 2.45) is 5.92 Å². The number of halogens is 1. The van der Waals surface area contributed by atoms with Crippen LogP contribution in [0.4, 0.5) is 5.82 Å². The number of aromatic nitrogens is 1. The molecule has 0 radical (unpaired) electrons. The number of nitrogens with one attached hydrogen (secondary N) is 1. The molecule has 0 unspecified atom stereocenters. The second-order valence-corrected chi connectivity index (χ2v) is 6.13. The summed E-state index contributed by atoms with van der Waals surface area (Å²) in [5.41, 5.74) is 0.578. The number of carbonyl (C=O) groups is 1. The van der Waals surface area contributed by atoms with Gasteiger partial charge in [0.2, 0.25) is 0 Å². The molecule has 1 amide bonds. The summed E-state index contributed by atoms with van der Waals surface area (Å²) in [5, 5.41) is 3.25. The van der Waals surface area contributed by atoms with Gasteiger partial charge in [-0.15, -0.1) is 0 Å². The Morgan fingerprint density at radius 3 is 2.76 bits per heavy atom. The van der Waals surface area contributed by atoms with E-state index in [0.717, 1.165) is 32.5 Å². The van der Waals surface area contributed by atoms with Crippen molar-refractivity contribution in [1.82, 2.24) is 14.8 Å². The minimum Gasteiger partial charge on any atom is -0.373 e. The fourth-order valence-electron chi connectivity index (χ4n) is 2.68. The lowest BCUT2D eigenvalue weighted by molar-refractivity contribution is 0.0747. The first kappa shape index (κ1) is 16.0. The summed E-state index contributed by atoms with van der Waals surface area (Å²) in [6.45, 7) is 3.01. The normalized spacial score (nSPS) is 16.8. The predicted octanol–water partition coefficient (Wildman–Crippen LogP) is 2.19. The van der Waals surface area contributed by atoms with Crippen molar-refractivity contribution in [3.63, 3.8) is 0 Å². The molecule has 6 heteroatoms. The first-order valence-corrected chi connectivity index (χ1v) is 7.66. The predicted molar refractivity (Wildman–Crippen MR) is 86.0 cm³/mol. The number of amides is 1. The Morgan fingerprint density at radius 1 is 1.48 bits per heavy atom. The topological polar surface area (TPSA) is 48.5 Å². The Balaban J connectivity index is 2.00. The van der Waals surface area contributed by atoms with E-state index in [0.29, 0.717) is 22.5 Å². The zero-order valence-corrected chi connectivity index (χ0v) is 13.7. The van der Waals surface area contributed by atoms with Crippen LogP contribution < -0.4 is 5.32 Å². The number of pyridine rings is 1. The number of piperidine rings is 1. The zero-order valence-electron chi connectivity index (χ0n) is 12.9. The van der Waals surface area contributed by atoms with Crippen molar-refractivity contribution in [3.05, 3.63) is 22.8 Å². The molecule has 5 nitrogen and oxygen atoms in total. The molecule has 2 heterocycles. The second kappa shape index (κ2) is 7.09. The SMILES string of the molecule is CNc1cc(C(=O)N(C)CC2CCN(C)CC2)cc(Cl)n1. The van der Waals surface area contributed by atoms with Crippen LogP contribution in [-0.2, 0) is 0 Å². The minimum absolute atomic E-state index is 0.00488.